The first-order valence-corrected chi connectivity index (χ1v) is 8.54. The second kappa shape index (κ2) is 5.21. The van der Waals surface area contributed by atoms with E-state index in [1.54, 1.807) is 4.90 Å². The van der Waals surface area contributed by atoms with E-state index in [1.165, 1.54) is 23.4 Å². The summed E-state index contributed by atoms with van der Waals surface area (Å²) < 4.78 is 30.4. The monoisotopic (exact) mass is 375 g/mol. The molecule has 1 spiro atoms. The Balaban J connectivity index is 1.60. The van der Waals surface area contributed by atoms with Crippen LogP contribution < -0.4 is 16.1 Å². The van der Waals surface area contributed by atoms with Gasteiger partial charge in [-0.25, -0.2) is 28.2 Å². The van der Waals surface area contributed by atoms with E-state index < -0.39 is 29.1 Å². The van der Waals surface area contributed by atoms with Gasteiger partial charge in [-0.3, -0.25) is 9.78 Å². The SMILES string of the molecule is O=c1[nH]cc(-n2cc3c(N4CC(F)(F)C5(CCC5)C4)ncnc3n2)c(=O)[nH]1. The average molecular weight is 375 g/mol. The smallest absolute Gasteiger partial charge is 0.325 e. The van der Waals surface area contributed by atoms with Crippen molar-refractivity contribution in [2.45, 2.75) is 25.2 Å². The second-order valence-corrected chi connectivity index (χ2v) is 7.16. The summed E-state index contributed by atoms with van der Waals surface area (Å²) in [5, 5.41) is 4.69. The molecular weight excluding hydrogens is 360 g/mol. The number of anilines is 1. The molecule has 1 aliphatic carbocycles. The Bertz CT molecular complexity index is 1160. The molecule has 0 unspecified atom stereocenters. The Morgan fingerprint density at radius 2 is 1.96 bits per heavy atom. The normalized spacial score (nSPS) is 20.3. The Labute approximate surface area is 150 Å². The molecule has 11 heteroatoms. The lowest BCUT2D eigenvalue weighted by atomic mass is 9.66. The predicted molar refractivity (Wildman–Crippen MR) is 91.3 cm³/mol. The maximum Gasteiger partial charge on any atom is 0.325 e. The third-order valence-electron chi connectivity index (χ3n) is 5.61. The molecule has 0 aromatic carbocycles. The van der Waals surface area contributed by atoms with Gasteiger partial charge in [-0.15, -0.1) is 5.10 Å². The molecular formula is C16H15F2N7O2. The van der Waals surface area contributed by atoms with Gasteiger partial charge >= 0.3 is 5.69 Å². The third-order valence-corrected chi connectivity index (χ3v) is 5.61. The van der Waals surface area contributed by atoms with Gasteiger partial charge in [-0.2, -0.15) is 0 Å². The molecule has 27 heavy (non-hydrogen) atoms. The van der Waals surface area contributed by atoms with Gasteiger partial charge in [0.2, 0.25) is 0 Å². The maximum absolute atomic E-state index is 14.6. The Hall–Kier alpha value is -3.11. The molecule has 0 bridgehead atoms. The number of nitrogens with zero attached hydrogens (tertiary/aromatic N) is 5. The lowest BCUT2D eigenvalue weighted by Gasteiger charge is -2.41. The summed E-state index contributed by atoms with van der Waals surface area (Å²) in [7, 11) is 0. The summed E-state index contributed by atoms with van der Waals surface area (Å²) in [4.78, 5) is 37.5. The van der Waals surface area contributed by atoms with E-state index in [0.29, 0.717) is 24.0 Å². The molecule has 9 nitrogen and oxygen atoms in total. The molecule has 1 saturated carbocycles. The second-order valence-electron chi connectivity index (χ2n) is 7.16. The van der Waals surface area contributed by atoms with Crippen LogP contribution in [0.25, 0.3) is 16.7 Å². The lowest BCUT2D eigenvalue weighted by molar-refractivity contribution is -0.122. The van der Waals surface area contributed by atoms with Gasteiger partial charge in [0.25, 0.3) is 11.5 Å². The number of fused-ring (bicyclic) bond motifs is 1. The molecule has 5 rings (SSSR count). The first kappa shape index (κ1) is 16.1. The van der Waals surface area contributed by atoms with Gasteiger partial charge in [0, 0.05) is 18.9 Å². The van der Waals surface area contributed by atoms with Crippen LogP contribution in [0, 0.1) is 5.41 Å². The van der Waals surface area contributed by atoms with Crippen molar-refractivity contribution in [3.8, 4) is 5.69 Å². The quantitative estimate of drug-likeness (QED) is 0.686. The number of nitrogens with one attached hydrogen (secondary N) is 2. The van der Waals surface area contributed by atoms with Crippen molar-refractivity contribution in [3.63, 3.8) is 0 Å². The van der Waals surface area contributed by atoms with Crippen LogP contribution >= 0.6 is 0 Å². The van der Waals surface area contributed by atoms with E-state index in [9.17, 15) is 18.4 Å². The highest BCUT2D eigenvalue weighted by atomic mass is 19.3. The van der Waals surface area contributed by atoms with Crippen LogP contribution in [-0.4, -0.2) is 48.7 Å². The van der Waals surface area contributed by atoms with Gasteiger partial charge < -0.3 is 9.88 Å². The Kier molecular flexibility index (Phi) is 3.10. The Morgan fingerprint density at radius 1 is 1.15 bits per heavy atom. The summed E-state index contributed by atoms with van der Waals surface area (Å²) >= 11 is 0. The van der Waals surface area contributed by atoms with Crippen molar-refractivity contribution in [2.24, 2.45) is 5.41 Å². The maximum atomic E-state index is 14.6. The van der Waals surface area contributed by atoms with E-state index in [1.807, 2.05) is 0 Å². The number of rotatable bonds is 2. The Morgan fingerprint density at radius 3 is 2.63 bits per heavy atom. The highest BCUT2D eigenvalue weighted by Crippen LogP contribution is 2.57. The summed E-state index contributed by atoms with van der Waals surface area (Å²) in [6, 6.07) is 0. The van der Waals surface area contributed by atoms with Crippen LogP contribution in [0.4, 0.5) is 14.6 Å². The van der Waals surface area contributed by atoms with E-state index in [0.717, 1.165) is 6.42 Å². The van der Waals surface area contributed by atoms with Crippen molar-refractivity contribution < 1.29 is 8.78 Å². The fourth-order valence-corrected chi connectivity index (χ4v) is 4.00. The molecule has 4 heterocycles. The number of halogens is 2. The molecule has 2 aliphatic rings. The number of alkyl halides is 2. The molecule has 140 valence electrons. The number of H-pyrrole nitrogens is 2. The standard InChI is InChI=1S/C16H15F2N7O2/c17-16(18)7-24(6-15(16)2-1-3-15)12-9-5-25(23-11(9)20-8-21-12)10-4-19-14(27)22-13(10)26/h4-5,8H,1-3,6-7H2,(H2,19,22,26,27). The number of aromatic amines is 2. The van der Waals surface area contributed by atoms with E-state index in [2.05, 4.69) is 25.0 Å². The number of hydrogen-bond donors (Lipinski definition) is 2. The minimum atomic E-state index is -2.77. The first-order valence-electron chi connectivity index (χ1n) is 8.54. The van der Waals surface area contributed by atoms with E-state index in [4.69, 9.17) is 0 Å². The third kappa shape index (κ3) is 2.23. The van der Waals surface area contributed by atoms with E-state index >= 15 is 0 Å². The van der Waals surface area contributed by atoms with Crippen molar-refractivity contribution in [1.82, 2.24) is 29.7 Å². The van der Waals surface area contributed by atoms with Gasteiger partial charge in [0.15, 0.2) is 5.65 Å². The topological polar surface area (TPSA) is 113 Å². The molecule has 0 radical (unpaired) electrons. The van der Waals surface area contributed by atoms with Gasteiger partial charge in [0.05, 0.1) is 17.3 Å². The fourth-order valence-electron chi connectivity index (χ4n) is 4.00. The molecule has 1 saturated heterocycles. The summed E-state index contributed by atoms with van der Waals surface area (Å²) in [5.41, 5.74) is -1.87. The van der Waals surface area contributed by atoms with E-state index in [-0.39, 0.29) is 17.9 Å². The minimum Gasteiger partial charge on any atom is -0.349 e. The summed E-state index contributed by atoms with van der Waals surface area (Å²) in [5.74, 6) is -2.40. The number of aromatic nitrogens is 6. The van der Waals surface area contributed by atoms with Crippen LogP contribution in [0.15, 0.2) is 28.3 Å². The number of hydrogen-bond acceptors (Lipinski definition) is 6. The van der Waals surface area contributed by atoms with Crippen LogP contribution in [-0.2, 0) is 0 Å². The molecule has 3 aromatic heterocycles. The van der Waals surface area contributed by atoms with Gasteiger partial charge in [-0.1, -0.05) is 6.42 Å². The van der Waals surface area contributed by atoms with Crippen molar-refractivity contribution in [1.29, 1.82) is 0 Å². The zero-order valence-electron chi connectivity index (χ0n) is 14.1. The average Bonchev–Trinajstić information content (AvgIpc) is 3.12. The van der Waals surface area contributed by atoms with Crippen LogP contribution in [0.5, 0.6) is 0 Å². The molecule has 3 aromatic rings. The van der Waals surface area contributed by atoms with Crippen LogP contribution in [0.1, 0.15) is 19.3 Å². The summed E-state index contributed by atoms with van der Waals surface area (Å²) in [6.45, 7) is -0.167. The van der Waals surface area contributed by atoms with Crippen LogP contribution in [0.2, 0.25) is 0 Å². The molecule has 0 atom stereocenters. The molecule has 2 N–H and O–H groups in total. The van der Waals surface area contributed by atoms with Crippen molar-refractivity contribution >= 4 is 16.9 Å². The molecule has 0 amide bonds. The van der Waals surface area contributed by atoms with Crippen LogP contribution in [0.3, 0.4) is 0 Å². The summed E-state index contributed by atoms with van der Waals surface area (Å²) in [6.07, 6.45) is 5.85. The van der Waals surface area contributed by atoms with Crippen molar-refractivity contribution in [3.05, 3.63) is 39.6 Å². The predicted octanol–water partition coefficient (Wildman–Crippen LogP) is 0.818. The van der Waals surface area contributed by atoms with Crippen molar-refractivity contribution in [2.75, 3.05) is 18.0 Å². The minimum absolute atomic E-state index is 0.0840. The highest BCUT2D eigenvalue weighted by molar-refractivity contribution is 5.87. The van der Waals surface area contributed by atoms with Gasteiger partial charge in [0.1, 0.15) is 17.8 Å². The highest BCUT2D eigenvalue weighted by Gasteiger charge is 2.63. The zero-order valence-corrected chi connectivity index (χ0v) is 14.1. The van der Waals surface area contributed by atoms with Gasteiger partial charge in [-0.05, 0) is 12.8 Å². The molecule has 1 aliphatic heterocycles. The lowest BCUT2D eigenvalue weighted by Crippen LogP contribution is -2.45. The molecule has 2 fully saturated rings. The largest absolute Gasteiger partial charge is 0.349 e. The fraction of sp³-hybridized carbons (Fsp3) is 0.438. The first-order chi connectivity index (χ1) is 12.9. The zero-order chi connectivity index (χ0) is 18.8.